The quantitative estimate of drug-likeness (QED) is 0.939. The van der Waals surface area contributed by atoms with Gasteiger partial charge < -0.3 is 0 Å². The van der Waals surface area contributed by atoms with Gasteiger partial charge in [0, 0.05) is 6.54 Å². The maximum atomic E-state index is 9.24. The van der Waals surface area contributed by atoms with Crippen molar-refractivity contribution in [3.8, 4) is 6.07 Å². The molecule has 1 N–H and O–H groups in total. The fraction of sp³-hybridized carbons (Fsp3) is 0.438. The molecule has 1 aromatic heterocycles. The Hall–Kier alpha value is -2.19. The predicted octanol–water partition coefficient (Wildman–Crippen LogP) is 2.71. The summed E-state index contributed by atoms with van der Waals surface area (Å²) in [6, 6.07) is 10.3. The molecule has 0 spiro atoms. The number of benzene rings is 1. The highest BCUT2D eigenvalue weighted by atomic mass is 15.3. The van der Waals surface area contributed by atoms with Crippen LogP contribution in [0.15, 0.2) is 24.3 Å². The van der Waals surface area contributed by atoms with Crippen LogP contribution in [0.1, 0.15) is 48.1 Å². The highest BCUT2D eigenvalue weighted by Crippen LogP contribution is 2.30. The van der Waals surface area contributed by atoms with Crippen LogP contribution in [0.3, 0.4) is 0 Å². The SMILES string of the molecule is Cc1nc([C@@H]2CCCCN2Cc2ccccc2C#N)n[nH]1. The van der Waals surface area contributed by atoms with Crippen LogP contribution in [0.5, 0.6) is 0 Å². The molecule has 3 rings (SSSR count). The number of piperidine rings is 1. The van der Waals surface area contributed by atoms with Crippen LogP contribution in [0.2, 0.25) is 0 Å². The van der Waals surface area contributed by atoms with E-state index in [0.717, 1.165) is 42.3 Å². The molecular weight excluding hydrogens is 262 g/mol. The highest BCUT2D eigenvalue weighted by molar-refractivity contribution is 5.37. The van der Waals surface area contributed by atoms with Crippen molar-refractivity contribution < 1.29 is 0 Å². The van der Waals surface area contributed by atoms with Gasteiger partial charge in [0.2, 0.25) is 0 Å². The van der Waals surface area contributed by atoms with Crippen molar-refractivity contribution in [1.82, 2.24) is 20.1 Å². The molecule has 1 aliphatic heterocycles. The van der Waals surface area contributed by atoms with Gasteiger partial charge in [0.1, 0.15) is 5.82 Å². The van der Waals surface area contributed by atoms with Crippen LogP contribution < -0.4 is 0 Å². The van der Waals surface area contributed by atoms with E-state index in [9.17, 15) is 5.26 Å². The maximum Gasteiger partial charge on any atom is 0.167 e. The van der Waals surface area contributed by atoms with Crippen molar-refractivity contribution in [1.29, 1.82) is 5.26 Å². The Labute approximate surface area is 124 Å². The summed E-state index contributed by atoms with van der Waals surface area (Å²) in [5, 5.41) is 16.5. The number of likely N-dealkylation sites (tertiary alicyclic amines) is 1. The third kappa shape index (κ3) is 2.96. The molecule has 5 heteroatoms. The van der Waals surface area contributed by atoms with Gasteiger partial charge in [-0.3, -0.25) is 10.00 Å². The highest BCUT2D eigenvalue weighted by Gasteiger charge is 2.27. The van der Waals surface area contributed by atoms with Crippen LogP contribution in [-0.4, -0.2) is 26.6 Å². The molecular formula is C16H19N5. The lowest BCUT2D eigenvalue weighted by Crippen LogP contribution is -2.33. The molecule has 108 valence electrons. The molecule has 5 nitrogen and oxygen atoms in total. The first kappa shape index (κ1) is 13.8. The Balaban J connectivity index is 1.83. The Morgan fingerprint density at radius 1 is 1.38 bits per heavy atom. The van der Waals surface area contributed by atoms with Crippen molar-refractivity contribution in [3.05, 3.63) is 47.0 Å². The van der Waals surface area contributed by atoms with Crippen LogP contribution in [0, 0.1) is 18.3 Å². The second-order valence-corrected chi connectivity index (χ2v) is 5.53. The molecule has 0 saturated carbocycles. The van der Waals surface area contributed by atoms with Crippen molar-refractivity contribution in [2.24, 2.45) is 0 Å². The Morgan fingerprint density at radius 3 is 3.00 bits per heavy atom. The number of aromatic nitrogens is 3. The van der Waals surface area contributed by atoms with Crippen LogP contribution in [-0.2, 0) is 6.54 Å². The number of H-pyrrole nitrogens is 1. The zero-order valence-corrected chi connectivity index (χ0v) is 12.2. The van der Waals surface area contributed by atoms with Gasteiger partial charge >= 0.3 is 0 Å². The van der Waals surface area contributed by atoms with Gasteiger partial charge in [0.05, 0.1) is 17.7 Å². The summed E-state index contributed by atoms with van der Waals surface area (Å²) in [7, 11) is 0. The molecule has 1 atom stereocenters. The van der Waals surface area contributed by atoms with E-state index in [1.54, 1.807) is 0 Å². The average molecular weight is 281 g/mol. The average Bonchev–Trinajstić information content (AvgIpc) is 2.95. The summed E-state index contributed by atoms with van der Waals surface area (Å²) < 4.78 is 0. The number of hydrogen-bond donors (Lipinski definition) is 1. The lowest BCUT2D eigenvalue weighted by Gasteiger charge is -2.34. The molecule has 0 unspecified atom stereocenters. The summed E-state index contributed by atoms with van der Waals surface area (Å²) in [4.78, 5) is 6.89. The molecule has 1 aromatic carbocycles. The van der Waals surface area contributed by atoms with Gasteiger partial charge in [0.15, 0.2) is 5.82 Å². The van der Waals surface area contributed by atoms with E-state index >= 15 is 0 Å². The standard InChI is InChI=1S/C16H19N5/c1-12-18-16(20-19-12)15-8-4-5-9-21(15)11-14-7-3-2-6-13(14)10-17/h2-3,6-7,15H,4-5,8-9,11H2,1H3,(H,18,19,20)/t15-/m0/s1. The van der Waals surface area contributed by atoms with Crippen molar-refractivity contribution >= 4 is 0 Å². The van der Waals surface area contributed by atoms with Gasteiger partial charge in [-0.25, -0.2) is 4.98 Å². The van der Waals surface area contributed by atoms with E-state index in [1.807, 2.05) is 31.2 Å². The first-order valence-electron chi connectivity index (χ1n) is 7.39. The monoisotopic (exact) mass is 281 g/mol. The molecule has 0 radical (unpaired) electrons. The van der Waals surface area contributed by atoms with Gasteiger partial charge in [-0.2, -0.15) is 10.4 Å². The van der Waals surface area contributed by atoms with E-state index in [4.69, 9.17) is 0 Å². The summed E-state index contributed by atoms with van der Waals surface area (Å²) >= 11 is 0. The molecule has 2 heterocycles. The number of rotatable bonds is 3. The summed E-state index contributed by atoms with van der Waals surface area (Å²) in [6.07, 6.45) is 3.47. The van der Waals surface area contributed by atoms with Gasteiger partial charge in [-0.1, -0.05) is 24.6 Å². The number of aryl methyl sites for hydroxylation is 1. The molecule has 21 heavy (non-hydrogen) atoms. The van der Waals surface area contributed by atoms with E-state index in [2.05, 4.69) is 26.2 Å². The Morgan fingerprint density at radius 2 is 2.24 bits per heavy atom. The summed E-state index contributed by atoms with van der Waals surface area (Å²) in [6.45, 7) is 3.73. The fourth-order valence-corrected chi connectivity index (χ4v) is 2.97. The second kappa shape index (κ2) is 6.06. The third-order valence-electron chi connectivity index (χ3n) is 4.04. The van der Waals surface area contributed by atoms with E-state index in [0.29, 0.717) is 0 Å². The third-order valence-corrected chi connectivity index (χ3v) is 4.04. The minimum atomic E-state index is 0.246. The lowest BCUT2D eigenvalue weighted by molar-refractivity contribution is 0.134. The fourth-order valence-electron chi connectivity index (χ4n) is 2.97. The molecule has 1 saturated heterocycles. The predicted molar refractivity (Wildman–Crippen MR) is 79.3 cm³/mol. The normalized spacial score (nSPS) is 19.3. The van der Waals surface area contributed by atoms with Crippen molar-refractivity contribution in [2.45, 2.75) is 38.8 Å². The number of nitrogens with zero attached hydrogens (tertiary/aromatic N) is 4. The minimum Gasteiger partial charge on any atom is -0.289 e. The smallest absolute Gasteiger partial charge is 0.167 e. The Bertz CT molecular complexity index is 655. The number of nitriles is 1. The molecule has 1 aliphatic rings. The molecule has 2 aromatic rings. The van der Waals surface area contributed by atoms with Gasteiger partial charge in [-0.05, 0) is 37.9 Å². The first-order valence-corrected chi connectivity index (χ1v) is 7.39. The number of nitrogens with one attached hydrogen (secondary N) is 1. The van der Waals surface area contributed by atoms with E-state index < -0.39 is 0 Å². The van der Waals surface area contributed by atoms with Crippen molar-refractivity contribution in [2.75, 3.05) is 6.54 Å². The largest absolute Gasteiger partial charge is 0.289 e. The molecule has 0 aliphatic carbocycles. The van der Waals surface area contributed by atoms with Crippen LogP contribution in [0.25, 0.3) is 0 Å². The zero-order chi connectivity index (χ0) is 14.7. The maximum absolute atomic E-state index is 9.24. The van der Waals surface area contributed by atoms with Crippen LogP contribution in [0.4, 0.5) is 0 Å². The second-order valence-electron chi connectivity index (χ2n) is 5.53. The van der Waals surface area contributed by atoms with E-state index in [1.165, 1.54) is 12.8 Å². The first-order chi connectivity index (χ1) is 10.3. The van der Waals surface area contributed by atoms with Crippen LogP contribution >= 0.6 is 0 Å². The zero-order valence-electron chi connectivity index (χ0n) is 12.2. The van der Waals surface area contributed by atoms with Crippen molar-refractivity contribution in [3.63, 3.8) is 0 Å². The molecule has 1 fully saturated rings. The number of hydrogen-bond acceptors (Lipinski definition) is 4. The molecule has 0 bridgehead atoms. The number of aromatic amines is 1. The van der Waals surface area contributed by atoms with Gasteiger partial charge in [-0.15, -0.1) is 0 Å². The summed E-state index contributed by atoms with van der Waals surface area (Å²) in [5.74, 6) is 1.73. The summed E-state index contributed by atoms with van der Waals surface area (Å²) in [5.41, 5.74) is 1.84. The van der Waals surface area contributed by atoms with E-state index in [-0.39, 0.29) is 6.04 Å². The Kier molecular flexibility index (Phi) is 3.98. The minimum absolute atomic E-state index is 0.246. The lowest BCUT2D eigenvalue weighted by atomic mass is 9.99. The van der Waals surface area contributed by atoms with Gasteiger partial charge in [0.25, 0.3) is 0 Å². The topological polar surface area (TPSA) is 68.6 Å². The molecule has 0 amide bonds.